The first-order chi connectivity index (χ1) is 6.77. The summed E-state index contributed by atoms with van der Waals surface area (Å²) in [7, 11) is 0. The smallest absolute Gasteiger partial charge is 0.220 e. The highest BCUT2D eigenvalue weighted by Gasteiger charge is 2.14. The van der Waals surface area contributed by atoms with Gasteiger partial charge in [0, 0.05) is 18.2 Å². The molecule has 1 aromatic heterocycles. The summed E-state index contributed by atoms with van der Waals surface area (Å²) < 4.78 is 13.2. The van der Waals surface area contributed by atoms with Crippen molar-refractivity contribution in [2.75, 3.05) is 0 Å². The molecule has 0 atom stereocenters. The Morgan fingerprint density at radius 2 is 2.21 bits per heavy atom. The summed E-state index contributed by atoms with van der Waals surface area (Å²) in [6, 6.07) is 3.34. The number of aromatic nitrogens is 1. The fraction of sp³-hybridized carbons (Fsp3) is 0.273. The zero-order valence-corrected chi connectivity index (χ0v) is 7.66. The van der Waals surface area contributed by atoms with Gasteiger partial charge in [-0.15, -0.1) is 0 Å². The monoisotopic (exact) mass is 191 g/mol. The lowest BCUT2D eigenvalue weighted by Gasteiger charge is -2.11. The summed E-state index contributed by atoms with van der Waals surface area (Å²) in [6.45, 7) is 0. The predicted molar refractivity (Wildman–Crippen MR) is 51.0 cm³/mol. The van der Waals surface area contributed by atoms with Gasteiger partial charge in [-0.3, -0.25) is 4.79 Å². The fourth-order valence-corrected chi connectivity index (χ4v) is 1.63. The number of allylic oxidation sites excluding steroid dienone is 2. The van der Waals surface area contributed by atoms with Gasteiger partial charge in [-0.2, -0.15) is 4.39 Å². The zero-order chi connectivity index (χ0) is 9.97. The Morgan fingerprint density at radius 3 is 2.93 bits per heavy atom. The molecular weight excluding hydrogens is 181 g/mol. The van der Waals surface area contributed by atoms with Crippen LogP contribution in [0.25, 0.3) is 5.57 Å². The van der Waals surface area contributed by atoms with Gasteiger partial charge in [-0.25, -0.2) is 4.98 Å². The molecule has 0 aliphatic heterocycles. The average molecular weight is 191 g/mol. The van der Waals surface area contributed by atoms with E-state index in [1.165, 1.54) is 12.3 Å². The molecule has 0 saturated heterocycles. The van der Waals surface area contributed by atoms with Crippen molar-refractivity contribution in [1.82, 2.24) is 4.98 Å². The van der Waals surface area contributed by atoms with E-state index in [4.69, 9.17) is 0 Å². The van der Waals surface area contributed by atoms with Crippen LogP contribution in [-0.2, 0) is 4.79 Å². The second kappa shape index (κ2) is 3.70. The summed E-state index contributed by atoms with van der Waals surface area (Å²) in [6.07, 6.45) is 5.08. The highest BCUT2D eigenvalue weighted by Crippen LogP contribution is 2.25. The Kier molecular flexibility index (Phi) is 2.39. The SMILES string of the molecule is O=C1C=C(c2cccnc2F)CCC1. The molecule has 1 aliphatic carbocycles. The van der Waals surface area contributed by atoms with Crippen LogP contribution in [0.5, 0.6) is 0 Å². The van der Waals surface area contributed by atoms with Crippen LogP contribution in [0, 0.1) is 5.95 Å². The van der Waals surface area contributed by atoms with Crippen molar-refractivity contribution in [2.24, 2.45) is 0 Å². The molecule has 0 saturated carbocycles. The molecule has 0 unspecified atom stereocenters. The summed E-state index contributed by atoms with van der Waals surface area (Å²) in [5.74, 6) is -0.414. The molecule has 0 amide bonds. The maximum Gasteiger partial charge on any atom is 0.220 e. The molecule has 14 heavy (non-hydrogen) atoms. The molecule has 2 rings (SSSR count). The number of carbonyl (C=O) groups excluding carboxylic acids is 1. The largest absolute Gasteiger partial charge is 0.295 e. The number of halogens is 1. The van der Waals surface area contributed by atoms with Crippen molar-refractivity contribution in [3.8, 4) is 0 Å². The summed E-state index contributed by atoms with van der Waals surface area (Å²) in [5, 5.41) is 0. The topological polar surface area (TPSA) is 30.0 Å². The summed E-state index contributed by atoms with van der Waals surface area (Å²) >= 11 is 0. The van der Waals surface area contributed by atoms with Crippen molar-refractivity contribution in [3.63, 3.8) is 0 Å². The lowest BCUT2D eigenvalue weighted by molar-refractivity contribution is -0.114. The Bertz CT molecular complexity index is 398. The number of ketones is 1. The second-order valence-electron chi connectivity index (χ2n) is 3.33. The maximum absolute atomic E-state index is 13.2. The van der Waals surface area contributed by atoms with Crippen LogP contribution in [0.4, 0.5) is 4.39 Å². The van der Waals surface area contributed by atoms with Crippen LogP contribution in [-0.4, -0.2) is 10.8 Å². The fourth-order valence-electron chi connectivity index (χ4n) is 1.63. The van der Waals surface area contributed by atoms with Crippen molar-refractivity contribution >= 4 is 11.4 Å². The van der Waals surface area contributed by atoms with Gasteiger partial charge in [0.05, 0.1) is 0 Å². The van der Waals surface area contributed by atoms with E-state index in [9.17, 15) is 9.18 Å². The van der Waals surface area contributed by atoms with Crippen LogP contribution in [0.15, 0.2) is 24.4 Å². The van der Waals surface area contributed by atoms with E-state index >= 15 is 0 Å². The first-order valence-corrected chi connectivity index (χ1v) is 4.61. The lowest BCUT2D eigenvalue weighted by atomic mass is 9.94. The molecule has 72 valence electrons. The molecule has 0 bridgehead atoms. The van der Waals surface area contributed by atoms with Crippen molar-refractivity contribution in [3.05, 3.63) is 35.9 Å². The third-order valence-corrected chi connectivity index (χ3v) is 2.31. The lowest BCUT2D eigenvalue weighted by Crippen LogP contribution is -2.03. The number of nitrogens with zero attached hydrogens (tertiary/aromatic N) is 1. The van der Waals surface area contributed by atoms with Crippen LogP contribution in [0.1, 0.15) is 24.8 Å². The minimum absolute atomic E-state index is 0.0782. The van der Waals surface area contributed by atoms with Crippen LogP contribution in [0.3, 0.4) is 0 Å². The summed E-state index contributed by atoms with van der Waals surface area (Å²) in [4.78, 5) is 14.7. The molecule has 0 radical (unpaired) electrons. The van der Waals surface area contributed by atoms with E-state index < -0.39 is 5.95 Å². The van der Waals surface area contributed by atoms with E-state index in [-0.39, 0.29) is 5.78 Å². The second-order valence-corrected chi connectivity index (χ2v) is 3.33. The molecule has 0 aromatic carbocycles. The van der Waals surface area contributed by atoms with Crippen LogP contribution in [0.2, 0.25) is 0 Å². The Hall–Kier alpha value is -1.51. The van der Waals surface area contributed by atoms with Gasteiger partial charge in [0.1, 0.15) is 0 Å². The Labute approximate surface area is 81.5 Å². The third kappa shape index (κ3) is 1.71. The van der Waals surface area contributed by atoms with E-state index in [1.807, 2.05) is 0 Å². The molecule has 3 heteroatoms. The zero-order valence-electron chi connectivity index (χ0n) is 7.66. The highest BCUT2D eigenvalue weighted by molar-refractivity contribution is 5.98. The van der Waals surface area contributed by atoms with Crippen molar-refractivity contribution in [2.45, 2.75) is 19.3 Å². The molecule has 0 fully saturated rings. The predicted octanol–water partition coefficient (Wildman–Crippen LogP) is 2.36. The van der Waals surface area contributed by atoms with E-state index in [2.05, 4.69) is 4.98 Å². The van der Waals surface area contributed by atoms with Crippen molar-refractivity contribution < 1.29 is 9.18 Å². The van der Waals surface area contributed by atoms with Crippen LogP contribution < -0.4 is 0 Å². The molecule has 1 aliphatic rings. The van der Waals surface area contributed by atoms with Crippen molar-refractivity contribution in [1.29, 1.82) is 0 Å². The number of carbonyl (C=O) groups is 1. The van der Waals surface area contributed by atoms with Gasteiger partial charge < -0.3 is 0 Å². The van der Waals surface area contributed by atoms with Gasteiger partial charge >= 0.3 is 0 Å². The van der Waals surface area contributed by atoms with Gasteiger partial charge in [0.25, 0.3) is 0 Å². The maximum atomic E-state index is 13.2. The molecule has 2 nitrogen and oxygen atoms in total. The van der Waals surface area contributed by atoms with Gasteiger partial charge in [-0.05, 0) is 36.6 Å². The normalized spacial score (nSPS) is 16.6. The van der Waals surface area contributed by atoms with Gasteiger partial charge in [-0.1, -0.05) is 0 Å². The molecule has 0 spiro atoms. The number of hydrogen-bond donors (Lipinski definition) is 0. The number of hydrogen-bond acceptors (Lipinski definition) is 2. The minimum atomic E-state index is -0.492. The van der Waals surface area contributed by atoms with Gasteiger partial charge in [0.2, 0.25) is 5.95 Å². The standard InChI is InChI=1S/C11H10FNO/c12-11-10(5-2-6-13-11)8-3-1-4-9(14)7-8/h2,5-7H,1,3-4H2. The third-order valence-electron chi connectivity index (χ3n) is 2.31. The molecule has 1 heterocycles. The molecule has 0 N–H and O–H groups in total. The minimum Gasteiger partial charge on any atom is -0.295 e. The quantitative estimate of drug-likeness (QED) is 0.638. The molecule has 1 aromatic rings. The average Bonchev–Trinajstić information content (AvgIpc) is 2.18. The first kappa shape index (κ1) is 9.06. The molecular formula is C11H10FNO. The van der Waals surface area contributed by atoms with E-state index in [0.29, 0.717) is 12.0 Å². The van der Waals surface area contributed by atoms with Crippen LogP contribution >= 0.6 is 0 Å². The van der Waals surface area contributed by atoms with E-state index in [1.54, 1.807) is 12.1 Å². The highest BCUT2D eigenvalue weighted by atomic mass is 19.1. The van der Waals surface area contributed by atoms with E-state index in [0.717, 1.165) is 18.4 Å². The Morgan fingerprint density at radius 1 is 1.36 bits per heavy atom. The van der Waals surface area contributed by atoms with Gasteiger partial charge in [0.15, 0.2) is 5.78 Å². The first-order valence-electron chi connectivity index (χ1n) is 4.61. The number of pyridine rings is 1. The number of rotatable bonds is 1. The summed E-state index contributed by atoms with van der Waals surface area (Å²) in [5.41, 5.74) is 1.23. The Balaban J connectivity index is 2.40.